The lowest BCUT2D eigenvalue weighted by Crippen LogP contribution is -2.42. The molecule has 1 atom stereocenters. The fourth-order valence-electron chi connectivity index (χ4n) is 6.29. The van der Waals surface area contributed by atoms with E-state index in [1.807, 2.05) is 22.9 Å². The number of carbonyl (C=O) groups is 1. The molecule has 8 heteroatoms. The van der Waals surface area contributed by atoms with Gasteiger partial charge >= 0.3 is 6.03 Å². The summed E-state index contributed by atoms with van der Waals surface area (Å²) in [5, 5.41) is 7.52. The fraction of sp³-hybridized carbons (Fsp3) is 0.500. The number of nitrogens with two attached hydrogens (primary N) is 1. The minimum Gasteiger partial charge on any atom is -0.491 e. The van der Waals surface area contributed by atoms with Crippen molar-refractivity contribution in [3.63, 3.8) is 0 Å². The SMILES string of the molecule is Cc1cccc(OCC(C)C)c1-n1nc2c(c1-c1ccc(NC(N)=O)c(F)c1)CN(C(C)C1CCCCC1)CC2. The molecule has 2 amide bonds. The van der Waals surface area contributed by atoms with Crippen LogP contribution in [-0.4, -0.2) is 39.9 Å². The molecule has 0 radical (unpaired) electrons. The highest BCUT2D eigenvalue weighted by molar-refractivity contribution is 5.88. The summed E-state index contributed by atoms with van der Waals surface area (Å²) >= 11 is 0. The molecule has 40 heavy (non-hydrogen) atoms. The van der Waals surface area contributed by atoms with Crippen molar-refractivity contribution in [3.05, 3.63) is 59.0 Å². The maximum absolute atomic E-state index is 15.2. The van der Waals surface area contributed by atoms with Gasteiger partial charge in [0.2, 0.25) is 0 Å². The summed E-state index contributed by atoms with van der Waals surface area (Å²) in [7, 11) is 0. The lowest BCUT2D eigenvalue weighted by atomic mass is 9.83. The van der Waals surface area contributed by atoms with Gasteiger partial charge in [-0.15, -0.1) is 0 Å². The minimum absolute atomic E-state index is 0.0561. The highest BCUT2D eigenvalue weighted by Gasteiger charge is 2.32. The van der Waals surface area contributed by atoms with Crippen LogP contribution < -0.4 is 15.8 Å². The Hall–Kier alpha value is -3.39. The zero-order chi connectivity index (χ0) is 28.4. The topological polar surface area (TPSA) is 85.4 Å². The molecule has 1 unspecified atom stereocenters. The summed E-state index contributed by atoms with van der Waals surface area (Å²) in [5.41, 5.74) is 10.9. The Bertz CT molecular complexity index is 1360. The van der Waals surface area contributed by atoms with Crippen molar-refractivity contribution in [1.29, 1.82) is 0 Å². The lowest BCUT2D eigenvalue weighted by Gasteiger charge is -2.38. The van der Waals surface area contributed by atoms with E-state index in [0.29, 0.717) is 30.0 Å². The van der Waals surface area contributed by atoms with E-state index in [1.54, 1.807) is 6.07 Å². The standard InChI is InChI=1S/C32H42FN5O2/c1-20(2)19-40-29-12-8-9-21(3)30(29)38-31(24-13-14-28(26(33)17-24)35-32(34)39)25-18-37(16-15-27(25)36-38)22(4)23-10-6-5-7-11-23/h8-9,12-14,17,20,22-23H,5-7,10-11,15-16,18-19H2,1-4H3,(H3,34,35,39). The first-order valence-corrected chi connectivity index (χ1v) is 14.7. The number of para-hydroxylation sites is 1. The predicted molar refractivity (Wildman–Crippen MR) is 157 cm³/mol. The van der Waals surface area contributed by atoms with E-state index in [4.69, 9.17) is 15.6 Å². The normalized spacial score (nSPS) is 17.1. The van der Waals surface area contributed by atoms with Gasteiger partial charge in [0.25, 0.3) is 0 Å². The van der Waals surface area contributed by atoms with Crippen molar-refractivity contribution in [2.24, 2.45) is 17.6 Å². The molecule has 0 spiro atoms. The average Bonchev–Trinajstić information content (AvgIpc) is 3.31. The first-order valence-electron chi connectivity index (χ1n) is 14.7. The maximum Gasteiger partial charge on any atom is 0.316 e. The van der Waals surface area contributed by atoms with Crippen molar-refractivity contribution in [2.45, 2.75) is 78.8 Å². The monoisotopic (exact) mass is 547 g/mol. The Kier molecular flexibility index (Phi) is 8.45. The molecule has 1 aliphatic carbocycles. The van der Waals surface area contributed by atoms with Gasteiger partial charge < -0.3 is 15.8 Å². The molecule has 3 aromatic rings. The van der Waals surface area contributed by atoms with E-state index < -0.39 is 11.8 Å². The number of carbonyl (C=O) groups excluding carboxylic acids is 1. The summed E-state index contributed by atoms with van der Waals surface area (Å²) in [6.07, 6.45) is 7.38. The second-order valence-electron chi connectivity index (χ2n) is 11.9. The van der Waals surface area contributed by atoms with Gasteiger partial charge in [0.05, 0.1) is 23.7 Å². The molecule has 0 bridgehead atoms. The van der Waals surface area contributed by atoms with Crippen molar-refractivity contribution < 1.29 is 13.9 Å². The second kappa shape index (κ2) is 12.0. The van der Waals surface area contributed by atoms with Gasteiger partial charge in [-0.1, -0.05) is 51.3 Å². The summed E-state index contributed by atoms with van der Waals surface area (Å²) in [5.74, 6) is 1.29. The van der Waals surface area contributed by atoms with Crippen LogP contribution in [0.25, 0.3) is 16.9 Å². The number of benzene rings is 2. The molecule has 1 aliphatic heterocycles. The molecule has 5 rings (SSSR count). The lowest BCUT2D eigenvalue weighted by molar-refractivity contribution is 0.116. The number of nitrogens with one attached hydrogen (secondary N) is 1. The van der Waals surface area contributed by atoms with Gasteiger partial charge in [0, 0.05) is 36.7 Å². The molecule has 7 nitrogen and oxygen atoms in total. The number of aryl methyl sites for hydroxylation is 1. The highest BCUT2D eigenvalue weighted by atomic mass is 19.1. The van der Waals surface area contributed by atoms with Crippen LogP contribution in [0.1, 0.15) is 69.7 Å². The third-order valence-electron chi connectivity index (χ3n) is 8.46. The summed E-state index contributed by atoms with van der Waals surface area (Å²) in [6.45, 7) is 11.0. The van der Waals surface area contributed by atoms with Gasteiger partial charge in [-0.25, -0.2) is 13.9 Å². The van der Waals surface area contributed by atoms with E-state index >= 15 is 4.39 Å². The van der Waals surface area contributed by atoms with E-state index in [9.17, 15) is 4.79 Å². The van der Waals surface area contributed by atoms with Crippen LogP contribution in [0.4, 0.5) is 14.9 Å². The van der Waals surface area contributed by atoms with Gasteiger partial charge in [-0.3, -0.25) is 4.90 Å². The molecule has 214 valence electrons. The molecule has 2 aromatic carbocycles. The Morgan fingerprint density at radius 2 is 1.95 bits per heavy atom. The van der Waals surface area contributed by atoms with E-state index in [0.717, 1.165) is 53.5 Å². The Morgan fingerprint density at radius 3 is 2.65 bits per heavy atom. The molecular formula is C32H42FN5O2. The van der Waals surface area contributed by atoms with Crippen LogP contribution in [0.2, 0.25) is 0 Å². The quantitative estimate of drug-likeness (QED) is 0.323. The molecule has 1 saturated carbocycles. The zero-order valence-corrected chi connectivity index (χ0v) is 24.2. The van der Waals surface area contributed by atoms with Gasteiger partial charge in [0.15, 0.2) is 0 Å². The summed E-state index contributed by atoms with van der Waals surface area (Å²) < 4.78 is 23.5. The van der Waals surface area contributed by atoms with Gasteiger partial charge in [-0.2, -0.15) is 5.10 Å². The van der Waals surface area contributed by atoms with Gasteiger partial charge in [-0.05, 0) is 62.3 Å². The third kappa shape index (κ3) is 5.87. The van der Waals surface area contributed by atoms with Crippen molar-refractivity contribution in [1.82, 2.24) is 14.7 Å². The molecule has 0 saturated heterocycles. The van der Waals surface area contributed by atoms with Crippen LogP contribution in [-0.2, 0) is 13.0 Å². The fourth-order valence-corrected chi connectivity index (χ4v) is 6.29. The third-order valence-corrected chi connectivity index (χ3v) is 8.46. The average molecular weight is 548 g/mol. The van der Waals surface area contributed by atoms with Crippen LogP contribution in [0.3, 0.4) is 0 Å². The Morgan fingerprint density at radius 1 is 1.18 bits per heavy atom. The van der Waals surface area contributed by atoms with E-state index in [1.165, 1.54) is 38.2 Å². The molecule has 1 aromatic heterocycles. The summed E-state index contributed by atoms with van der Waals surface area (Å²) in [4.78, 5) is 14.0. The van der Waals surface area contributed by atoms with E-state index in [2.05, 4.69) is 44.0 Å². The minimum atomic E-state index is -0.798. The molecule has 1 fully saturated rings. The number of hydrogen-bond donors (Lipinski definition) is 2. The van der Waals surface area contributed by atoms with Crippen LogP contribution in [0.15, 0.2) is 36.4 Å². The number of rotatable bonds is 8. The second-order valence-corrected chi connectivity index (χ2v) is 11.9. The molecule has 2 aliphatic rings. The van der Waals surface area contributed by atoms with Crippen LogP contribution >= 0.6 is 0 Å². The largest absolute Gasteiger partial charge is 0.491 e. The van der Waals surface area contributed by atoms with Gasteiger partial charge in [0.1, 0.15) is 17.3 Å². The van der Waals surface area contributed by atoms with Crippen molar-refractivity contribution in [3.8, 4) is 22.7 Å². The molecular weight excluding hydrogens is 505 g/mol. The Balaban J connectivity index is 1.61. The number of halogens is 1. The maximum atomic E-state index is 15.2. The summed E-state index contributed by atoms with van der Waals surface area (Å²) in [6, 6.07) is 10.6. The highest BCUT2D eigenvalue weighted by Crippen LogP contribution is 2.39. The first kappa shape index (κ1) is 28.1. The number of urea groups is 1. The smallest absolute Gasteiger partial charge is 0.316 e. The van der Waals surface area contributed by atoms with Crippen molar-refractivity contribution in [2.75, 3.05) is 18.5 Å². The number of amides is 2. The number of aromatic nitrogens is 2. The van der Waals surface area contributed by atoms with Crippen LogP contribution in [0.5, 0.6) is 5.75 Å². The van der Waals surface area contributed by atoms with Crippen molar-refractivity contribution >= 4 is 11.7 Å². The first-order chi connectivity index (χ1) is 19.2. The predicted octanol–water partition coefficient (Wildman–Crippen LogP) is 6.84. The van der Waals surface area contributed by atoms with E-state index in [-0.39, 0.29) is 5.69 Å². The number of fused-ring (bicyclic) bond motifs is 1. The van der Waals surface area contributed by atoms with Crippen LogP contribution in [0, 0.1) is 24.6 Å². The number of anilines is 1. The number of hydrogen-bond acceptors (Lipinski definition) is 4. The number of primary amides is 1. The number of nitrogens with zero attached hydrogens (tertiary/aromatic N) is 3. The molecule has 3 N–H and O–H groups in total. The number of ether oxygens (including phenoxy) is 1. The Labute approximate surface area is 236 Å². The zero-order valence-electron chi connectivity index (χ0n) is 24.2. The molecule has 2 heterocycles.